The third kappa shape index (κ3) is 5.98. The molecule has 4 aromatic rings. The molecule has 1 saturated heterocycles. The third-order valence-electron chi connectivity index (χ3n) is 7.15. The Kier molecular flexibility index (Phi) is 9.35. The zero-order valence-electron chi connectivity index (χ0n) is 22.0. The number of carbonyl (C=O) groups is 2. The van der Waals surface area contributed by atoms with Crippen molar-refractivity contribution in [3.05, 3.63) is 114 Å². The van der Waals surface area contributed by atoms with E-state index in [-0.39, 0.29) is 23.9 Å². The van der Waals surface area contributed by atoms with Crippen LogP contribution in [0.15, 0.2) is 97.3 Å². The number of benzene rings is 3. The van der Waals surface area contributed by atoms with Crippen molar-refractivity contribution in [2.45, 2.75) is 25.4 Å². The van der Waals surface area contributed by atoms with Crippen LogP contribution in [0.1, 0.15) is 40.9 Å². The number of amides is 1. The Morgan fingerprint density at radius 2 is 1.53 bits per heavy atom. The summed E-state index contributed by atoms with van der Waals surface area (Å²) < 4.78 is 0. The summed E-state index contributed by atoms with van der Waals surface area (Å²) in [6, 6.07) is 29.0. The standard InChI is InChI=1S/C31H31N3O2.CH4O/c1-23(22-35)18-27-21-33(31(36)29-20-32-19-26-14-8-9-15-28(26)29)16-17-34(27)30(24-10-4-2-5-11-24)25-12-6-3-7-13-25;1-2/h2-15,19-20,22-23,27,30H,16-18,21H2,1H3;2H,1H3. The number of hydrogen-bond donors (Lipinski definition) is 1. The predicted molar refractivity (Wildman–Crippen MR) is 151 cm³/mol. The fourth-order valence-corrected chi connectivity index (χ4v) is 5.39. The molecular formula is C32H35N3O3. The maximum atomic E-state index is 13.7. The van der Waals surface area contributed by atoms with Gasteiger partial charge in [-0.2, -0.15) is 0 Å². The van der Waals surface area contributed by atoms with Crippen molar-refractivity contribution in [2.24, 2.45) is 5.92 Å². The van der Waals surface area contributed by atoms with Crippen molar-refractivity contribution in [3.8, 4) is 0 Å². The van der Waals surface area contributed by atoms with E-state index in [0.717, 1.165) is 24.2 Å². The van der Waals surface area contributed by atoms with Gasteiger partial charge in [-0.05, 0) is 22.9 Å². The number of aliphatic hydroxyl groups is 1. The molecule has 196 valence electrons. The molecule has 6 nitrogen and oxygen atoms in total. The van der Waals surface area contributed by atoms with Crippen molar-refractivity contribution >= 4 is 23.0 Å². The number of aldehydes is 1. The van der Waals surface area contributed by atoms with Gasteiger partial charge in [-0.15, -0.1) is 0 Å². The summed E-state index contributed by atoms with van der Waals surface area (Å²) in [6.45, 7) is 3.86. The van der Waals surface area contributed by atoms with E-state index < -0.39 is 0 Å². The first kappa shape index (κ1) is 27.2. The third-order valence-corrected chi connectivity index (χ3v) is 7.15. The van der Waals surface area contributed by atoms with Crippen LogP contribution in [0.5, 0.6) is 0 Å². The molecule has 2 atom stereocenters. The molecular weight excluding hydrogens is 474 g/mol. The number of fused-ring (bicyclic) bond motifs is 1. The smallest absolute Gasteiger partial charge is 0.256 e. The van der Waals surface area contributed by atoms with Gasteiger partial charge in [0.1, 0.15) is 6.29 Å². The molecule has 0 radical (unpaired) electrons. The quantitative estimate of drug-likeness (QED) is 0.356. The van der Waals surface area contributed by atoms with Gasteiger partial charge in [0.25, 0.3) is 5.91 Å². The molecule has 1 N–H and O–H groups in total. The van der Waals surface area contributed by atoms with Crippen molar-refractivity contribution in [3.63, 3.8) is 0 Å². The Hall–Kier alpha value is -3.87. The van der Waals surface area contributed by atoms with Crippen LogP contribution < -0.4 is 0 Å². The zero-order chi connectivity index (χ0) is 26.9. The van der Waals surface area contributed by atoms with Gasteiger partial charge in [0.2, 0.25) is 0 Å². The Morgan fingerprint density at radius 3 is 2.16 bits per heavy atom. The Balaban J connectivity index is 0.00000164. The lowest BCUT2D eigenvalue weighted by molar-refractivity contribution is -0.111. The van der Waals surface area contributed by atoms with Crippen LogP contribution in [-0.2, 0) is 4.79 Å². The Morgan fingerprint density at radius 1 is 0.921 bits per heavy atom. The summed E-state index contributed by atoms with van der Waals surface area (Å²) in [5.41, 5.74) is 3.06. The van der Waals surface area contributed by atoms with E-state index in [1.54, 1.807) is 12.4 Å². The fraction of sp³-hybridized carbons (Fsp3) is 0.281. The number of carbonyl (C=O) groups excluding carboxylic acids is 2. The molecule has 5 rings (SSSR count). The normalized spacial score (nSPS) is 16.5. The van der Waals surface area contributed by atoms with Gasteiger partial charge in [0.15, 0.2) is 0 Å². The number of nitrogens with zero attached hydrogens (tertiary/aromatic N) is 3. The summed E-state index contributed by atoms with van der Waals surface area (Å²) in [6.07, 6.45) is 5.19. The zero-order valence-corrected chi connectivity index (χ0v) is 22.0. The van der Waals surface area contributed by atoms with Gasteiger partial charge in [-0.1, -0.05) is 91.9 Å². The summed E-state index contributed by atoms with van der Waals surface area (Å²) >= 11 is 0. The Labute approximate surface area is 224 Å². The van der Waals surface area contributed by atoms with E-state index in [1.807, 2.05) is 48.2 Å². The first-order valence-corrected chi connectivity index (χ1v) is 13.0. The molecule has 0 spiro atoms. The minimum atomic E-state index is -0.0982. The molecule has 0 bridgehead atoms. The van der Waals surface area contributed by atoms with Crippen LogP contribution >= 0.6 is 0 Å². The van der Waals surface area contributed by atoms with E-state index >= 15 is 0 Å². The van der Waals surface area contributed by atoms with Crippen LogP contribution in [0.2, 0.25) is 0 Å². The molecule has 2 unspecified atom stereocenters. The van der Waals surface area contributed by atoms with Crippen LogP contribution in [0.4, 0.5) is 0 Å². The fourth-order valence-electron chi connectivity index (χ4n) is 5.39. The van der Waals surface area contributed by atoms with Gasteiger partial charge in [0.05, 0.1) is 11.6 Å². The molecule has 38 heavy (non-hydrogen) atoms. The van der Waals surface area contributed by atoms with Gasteiger partial charge in [-0.3, -0.25) is 14.7 Å². The predicted octanol–water partition coefficient (Wildman–Crippen LogP) is 4.98. The summed E-state index contributed by atoms with van der Waals surface area (Å²) in [7, 11) is 1.00. The number of pyridine rings is 1. The minimum absolute atomic E-state index is 0.00122. The summed E-state index contributed by atoms with van der Waals surface area (Å²) in [5, 5.41) is 8.88. The highest BCUT2D eigenvalue weighted by Crippen LogP contribution is 2.34. The second kappa shape index (κ2) is 13.1. The molecule has 1 fully saturated rings. The minimum Gasteiger partial charge on any atom is -0.400 e. The van der Waals surface area contributed by atoms with E-state index in [2.05, 4.69) is 58.4 Å². The average Bonchev–Trinajstić information content (AvgIpc) is 2.99. The molecule has 1 aliphatic heterocycles. The highest BCUT2D eigenvalue weighted by atomic mass is 16.2. The largest absolute Gasteiger partial charge is 0.400 e. The molecule has 1 aliphatic rings. The lowest BCUT2D eigenvalue weighted by Gasteiger charge is -2.46. The summed E-state index contributed by atoms with van der Waals surface area (Å²) in [5.74, 6) is -0.0994. The number of rotatable bonds is 7. The summed E-state index contributed by atoms with van der Waals surface area (Å²) in [4.78, 5) is 34.1. The van der Waals surface area contributed by atoms with Crippen LogP contribution in [0, 0.1) is 5.92 Å². The first-order chi connectivity index (χ1) is 18.7. The van der Waals surface area contributed by atoms with E-state index in [1.165, 1.54) is 11.1 Å². The highest BCUT2D eigenvalue weighted by molar-refractivity contribution is 6.06. The van der Waals surface area contributed by atoms with Gasteiger partial charge < -0.3 is 14.8 Å². The van der Waals surface area contributed by atoms with E-state index in [9.17, 15) is 9.59 Å². The number of piperazine rings is 1. The molecule has 1 aromatic heterocycles. The van der Waals surface area contributed by atoms with E-state index in [0.29, 0.717) is 31.6 Å². The maximum Gasteiger partial charge on any atom is 0.256 e. The van der Waals surface area contributed by atoms with Crippen molar-refractivity contribution in [1.29, 1.82) is 0 Å². The number of aliphatic hydroxyl groups excluding tert-OH is 1. The topological polar surface area (TPSA) is 73.7 Å². The first-order valence-electron chi connectivity index (χ1n) is 13.0. The number of hydrogen-bond acceptors (Lipinski definition) is 5. The second-order valence-corrected chi connectivity index (χ2v) is 9.62. The highest BCUT2D eigenvalue weighted by Gasteiger charge is 2.36. The van der Waals surface area contributed by atoms with Crippen LogP contribution in [0.3, 0.4) is 0 Å². The Bertz CT molecular complexity index is 1280. The van der Waals surface area contributed by atoms with E-state index in [4.69, 9.17) is 5.11 Å². The van der Waals surface area contributed by atoms with Gasteiger partial charge in [0, 0.05) is 56.5 Å². The SMILES string of the molecule is CC(C=O)CC1CN(C(=O)c2cncc3ccccc23)CCN1C(c1ccccc1)c1ccccc1.CO. The monoisotopic (exact) mass is 509 g/mol. The molecule has 1 amide bonds. The van der Waals surface area contributed by atoms with Crippen molar-refractivity contribution in [1.82, 2.24) is 14.8 Å². The van der Waals surface area contributed by atoms with Gasteiger partial charge >= 0.3 is 0 Å². The van der Waals surface area contributed by atoms with Crippen LogP contribution in [-0.4, -0.2) is 64.9 Å². The molecule has 0 aliphatic carbocycles. The molecule has 3 aromatic carbocycles. The van der Waals surface area contributed by atoms with Gasteiger partial charge in [-0.25, -0.2) is 0 Å². The van der Waals surface area contributed by atoms with Crippen molar-refractivity contribution in [2.75, 3.05) is 26.7 Å². The van der Waals surface area contributed by atoms with Crippen LogP contribution in [0.25, 0.3) is 10.8 Å². The molecule has 2 heterocycles. The molecule has 6 heteroatoms. The number of aromatic nitrogens is 1. The lowest BCUT2D eigenvalue weighted by atomic mass is 9.91. The second-order valence-electron chi connectivity index (χ2n) is 9.62. The maximum absolute atomic E-state index is 13.7. The molecule has 0 saturated carbocycles. The lowest BCUT2D eigenvalue weighted by Crippen LogP contribution is -2.56. The average molecular weight is 510 g/mol. The van der Waals surface area contributed by atoms with Crippen molar-refractivity contribution < 1.29 is 14.7 Å².